The summed E-state index contributed by atoms with van der Waals surface area (Å²) in [4.78, 5) is 12.4. The average Bonchev–Trinajstić information content (AvgIpc) is 2.13. The third kappa shape index (κ3) is 5.72. The van der Waals surface area contributed by atoms with Gasteiger partial charge < -0.3 is 9.84 Å². The molecule has 4 heteroatoms. The van der Waals surface area contributed by atoms with Crippen molar-refractivity contribution in [2.45, 2.75) is 19.9 Å². The van der Waals surface area contributed by atoms with Crippen molar-refractivity contribution in [2.75, 3.05) is 26.3 Å². The van der Waals surface area contributed by atoms with Gasteiger partial charge in [-0.25, -0.2) is 0 Å². The Morgan fingerprint density at radius 2 is 2.36 bits per heavy atom. The number of hydrogen-bond donors (Lipinski definition) is 1. The molecule has 1 unspecified atom stereocenters. The van der Waals surface area contributed by atoms with E-state index in [9.17, 15) is 4.79 Å². The lowest BCUT2D eigenvalue weighted by Crippen LogP contribution is -2.40. The smallest absolute Gasteiger partial charge is 0.317 e. The fourth-order valence-electron chi connectivity index (χ4n) is 1.13. The zero-order chi connectivity index (χ0) is 11.0. The van der Waals surface area contributed by atoms with Gasteiger partial charge in [-0.3, -0.25) is 9.69 Å². The summed E-state index contributed by atoms with van der Waals surface area (Å²) < 4.78 is 5.24. The van der Waals surface area contributed by atoms with E-state index < -0.39 is 5.97 Å². The second-order valence-corrected chi connectivity index (χ2v) is 3.12. The van der Waals surface area contributed by atoms with E-state index in [1.54, 1.807) is 6.08 Å². The Morgan fingerprint density at radius 3 is 2.79 bits per heavy atom. The highest BCUT2D eigenvalue weighted by Gasteiger charge is 2.15. The second kappa shape index (κ2) is 7.53. The molecule has 0 aromatic rings. The van der Waals surface area contributed by atoms with Crippen molar-refractivity contribution in [3.05, 3.63) is 12.7 Å². The molecule has 0 aliphatic rings. The number of hydrogen-bond acceptors (Lipinski definition) is 3. The van der Waals surface area contributed by atoms with Crippen LogP contribution in [-0.4, -0.2) is 48.3 Å². The summed E-state index contributed by atoms with van der Waals surface area (Å²) in [6.45, 7) is 9.26. The van der Waals surface area contributed by atoms with Crippen LogP contribution in [0.3, 0.4) is 0 Å². The van der Waals surface area contributed by atoms with E-state index in [0.717, 1.165) is 0 Å². The van der Waals surface area contributed by atoms with Gasteiger partial charge in [0.25, 0.3) is 0 Å². The van der Waals surface area contributed by atoms with Gasteiger partial charge in [-0.2, -0.15) is 0 Å². The van der Waals surface area contributed by atoms with E-state index in [0.29, 0.717) is 19.8 Å². The van der Waals surface area contributed by atoms with E-state index >= 15 is 0 Å². The first kappa shape index (κ1) is 13.1. The predicted molar refractivity (Wildman–Crippen MR) is 55.4 cm³/mol. The molecule has 0 saturated heterocycles. The van der Waals surface area contributed by atoms with E-state index in [1.165, 1.54) is 0 Å². The highest BCUT2D eigenvalue weighted by molar-refractivity contribution is 5.69. The van der Waals surface area contributed by atoms with Gasteiger partial charge in [0.2, 0.25) is 0 Å². The van der Waals surface area contributed by atoms with Crippen LogP contribution < -0.4 is 0 Å². The largest absolute Gasteiger partial charge is 0.480 e. The molecular formula is C10H19NO3. The first-order valence-corrected chi connectivity index (χ1v) is 4.76. The van der Waals surface area contributed by atoms with Gasteiger partial charge in [0.1, 0.15) is 0 Å². The zero-order valence-electron chi connectivity index (χ0n) is 8.90. The van der Waals surface area contributed by atoms with Crippen LogP contribution in [0, 0.1) is 0 Å². The Labute approximate surface area is 85.2 Å². The zero-order valence-corrected chi connectivity index (χ0v) is 8.90. The van der Waals surface area contributed by atoms with Gasteiger partial charge in [-0.1, -0.05) is 6.08 Å². The molecule has 0 radical (unpaired) electrons. The van der Waals surface area contributed by atoms with Gasteiger partial charge in [-0.05, 0) is 13.8 Å². The summed E-state index contributed by atoms with van der Waals surface area (Å²) in [6.07, 6.45) is 1.70. The topological polar surface area (TPSA) is 49.8 Å². The number of carboxylic acid groups (broad SMARTS) is 1. The van der Waals surface area contributed by atoms with Crippen LogP contribution in [-0.2, 0) is 9.53 Å². The van der Waals surface area contributed by atoms with Crippen molar-refractivity contribution in [1.29, 1.82) is 0 Å². The number of ether oxygens (including phenoxy) is 1. The molecule has 0 aliphatic heterocycles. The van der Waals surface area contributed by atoms with Crippen molar-refractivity contribution < 1.29 is 14.6 Å². The van der Waals surface area contributed by atoms with E-state index in [-0.39, 0.29) is 12.6 Å². The molecule has 0 aromatic heterocycles. The van der Waals surface area contributed by atoms with Gasteiger partial charge in [-0.15, -0.1) is 6.58 Å². The minimum Gasteiger partial charge on any atom is -0.480 e. The monoisotopic (exact) mass is 201 g/mol. The minimum atomic E-state index is -0.824. The molecule has 82 valence electrons. The van der Waals surface area contributed by atoms with Crippen LogP contribution in [0.15, 0.2) is 12.7 Å². The molecular weight excluding hydrogens is 182 g/mol. The van der Waals surface area contributed by atoms with Crippen molar-refractivity contribution in [3.63, 3.8) is 0 Å². The average molecular weight is 201 g/mol. The van der Waals surface area contributed by atoms with Crippen molar-refractivity contribution >= 4 is 5.97 Å². The van der Waals surface area contributed by atoms with Crippen LogP contribution in [0.2, 0.25) is 0 Å². The molecule has 0 saturated carbocycles. The van der Waals surface area contributed by atoms with Gasteiger partial charge in [0.15, 0.2) is 0 Å². The van der Waals surface area contributed by atoms with E-state index in [2.05, 4.69) is 6.58 Å². The van der Waals surface area contributed by atoms with E-state index in [4.69, 9.17) is 9.84 Å². The minimum absolute atomic E-state index is 0.0280. The number of aliphatic carboxylic acids is 1. The van der Waals surface area contributed by atoms with Crippen LogP contribution >= 0.6 is 0 Å². The first-order valence-electron chi connectivity index (χ1n) is 4.76. The highest BCUT2D eigenvalue weighted by Crippen LogP contribution is 1.99. The maximum Gasteiger partial charge on any atom is 0.317 e. The maximum absolute atomic E-state index is 10.5. The molecule has 0 aliphatic carbocycles. The summed E-state index contributed by atoms with van der Waals surface area (Å²) in [5.41, 5.74) is 0. The standard InChI is InChI=1S/C10H19NO3/c1-4-6-11(7-10(12)13)9(3)8-14-5-2/h4,9H,1,5-8H2,2-3H3,(H,12,13). The Kier molecular flexibility index (Phi) is 7.06. The molecule has 1 N–H and O–H groups in total. The Hall–Kier alpha value is -0.870. The molecule has 0 fully saturated rings. The molecule has 4 nitrogen and oxygen atoms in total. The molecule has 14 heavy (non-hydrogen) atoms. The highest BCUT2D eigenvalue weighted by atomic mass is 16.5. The molecule has 0 bridgehead atoms. The summed E-state index contributed by atoms with van der Waals surface area (Å²) in [5, 5.41) is 8.67. The lowest BCUT2D eigenvalue weighted by molar-refractivity contribution is -0.139. The third-order valence-corrected chi connectivity index (χ3v) is 1.89. The number of carboxylic acids is 1. The summed E-state index contributed by atoms with van der Waals surface area (Å²) >= 11 is 0. The summed E-state index contributed by atoms with van der Waals surface area (Å²) in [5.74, 6) is -0.824. The molecule has 0 aromatic carbocycles. The number of carbonyl (C=O) groups is 1. The molecule has 0 spiro atoms. The second-order valence-electron chi connectivity index (χ2n) is 3.12. The molecule has 0 amide bonds. The Morgan fingerprint density at radius 1 is 1.71 bits per heavy atom. The first-order chi connectivity index (χ1) is 6.61. The summed E-state index contributed by atoms with van der Waals surface area (Å²) in [6, 6.07) is 0.101. The quantitative estimate of drug-likeness (QED) is 0.595. The fourth-order valence-corrected chi connectivity index (χ4v) is 1.13. The van der Waals surface area contributed by atoms with Crippen LogP contribution in [0.25, 0.3) is 0 Å². The summed E-state index contributed by atoms with van der Waals surface area (Å²) in [7, 11) is 0. The lowest BCUT2D eigenvalue weighted by Gasteiger charge is -2.25. The predicted octanol–water partition coefficient (Wildman–Crippen LogP) is 0.984. The van der Waals surface area contributed by atoms with E-state index in [1.807, 2.05) is 18.7 Å². The fraction of sp³-hybridized carbons (Fsp3) is 0.700. The van der Waals surface area contributed by atoms with Crippen molar-refractivity contribution in [1.82, 2.24) is 4.90 Å². The third-order valence-electron chi connectivity index (χ3n) is 1.89. The molecule has 1 atom stereocenters. The lowest BCUT2D eigenvalue weighted by atomic mass is 10.3. The number of nitrogens with zero attached hydrogens (tertiary/aromatic N) is 1. The Balaban J connectivity index is 4.02. The molecule has 0 heterocycles. The van der Waals surface area contributed by atoms with Crippen LogP contribution in [0.4, 0.5) is 0 Å². The van der Waals surface area contributed by atoms with Gasteiger partial charge >= 0.3 is 5.97 Å². The van der Waals surface area contributed by atoms with Crippen molar-refractivity contribution in [3.8, 4) is 0 Å². The van der Waals surface area contributed by atoms with Crippen LogP contribution in [0.1, 0.15) is 13.8 Å². The van der Waals surface area contributed by atoms with Crippen LogP contribution in [0.5, 0.6) is 0 Å². The normalized spacial score (nSPS) is 12.8. The van der Waals surface area contributed by atoms with Crippen molar-refractivity contribution in [2.24, 2.45) is 0 Å². The number of rotatable bonds is 8. The maximum atomic E-state index is 10.5. The SMILES string of the molecule is C=CCN(CC(=O)O)C(C)COCC. The molecule has 0 rings (SSSR count). The Bertz CT molecular complexity index is 182. The van der Waals surface area contributed by atoms with Gasteiger partial charge in [0, 0.05) is 19.2 Å². The van der Waals surface area contributed by atoms with Gasteiger partial charge in [0.05, 0.1) is 13.2 Å².